The molecule has 0 bridgehead atoms. The van der Waals surface area contributed by atoms with Gasteiger partial charge in [0.1, 0.15) is 6.61 Å². The largest absolute Gasteiger partial charge is 0.493 e. The van der Waals surface area contributed by atoms with Crippen molar-refractivity contribution in [2.75, 3.05) is 34.7 Å². The highest BCUT2D eigenvalue weighted by Gasteiger charge is 2.12. The summed E-state index contributed by atoms with van der Waals surface area (Å²) in [5.41, 5.74) is 1.58. The summed E-state index contributed by atoms with van der Waals surface area (Å²) in [7, 11) is 4.70. The third kappa shape index (κ3) is 4.89. The van der Waals surface area contributed by atoms with E-state index in [2.05, 4.69) is 23.7 Å². The number of benzene rings is 2. The lowest BCUT2D eigenvalue weighted by Gasteiger charge is -2.07. The molecule has 6 nitrogen and oxygen atoms in total. The molecule has 6 heteroatoms. The van der Waals surface area contributed by atoms with Crippen LogP contribution in [0.2, 0.25) is 0 Å². The van der Waals surface area contributed by atoms with Crippen LogP contribution in [0.3, 0.4) is 0 Å². The van der Waals surface area contributed by atoms with Crippen LogP contribution in [0.15, 0.2) is 36.4 Å². The SMILES string of the molecule is COc1ccc(C#CCOC(C#Cc2ccc3c(c2)OCO3)OC)cc1OC. The Balaban J connectivity index is 1.58. The first-order chi connectivity index (χ1) is 13.7. The summed E-state index contributed by atoms with van der Waals surface area (Å²) < 4.78 is 31.9. The van der Waals surface area contributed by atoms with E-state index in [0.29, 0.717) is 17.2 Å². The zero-order valence-electron chi connectivity index (χ0n) is 15.9. The van der Waals surface area contributed by atoms with E-state index in [1.54, 1.807) is 26.4 Å². The maximum atomic E-state index is 5.55. The maximum Gasteiger partial charge on any atom is 0.231 e. The molecule has 1 heterocycles. The predicted octanol–water partition coefficient (Wildman–Crippen LogP) is 2.82. The van der Waals surface area contributed by atoms with Gasteiger partial charge in [-0.1, -0.05) is 17.8 Å². The minimum absolute atomic E-state index is 0.169. The average molecular weight is 380 g/mol. The fourth-order valence-electron chi connectivity index (χ4n) is 2.45. The Labute approximate surface area is 164 Å². The van der Waals surface area contributed by atoms with Crippen LogP contribution >= 0.6 is 0 Å². The highest BCUT2D eigenvalue weighted by molar-refractivity contribution is 5.50. The number of methoxy groups -OCH3 is 3. The molecular formula is C22H20O6. The second-order valence-electron chi connectivity index (χ2n) is 5.59. The Kier molecular flexibility index (Phi) is 6.64. The molecule has 0 spiro atoms. The normalized spacial score (nSPS) is 12.2. The van der Waals surface area contributed by atoms with E-state index in [1.165, 1.54) is 7.11 Å². The molecule has 1 unspecified atom stereocenters. The van der Waals surface area contributed by atoms with Gasteiger partial charge in [-0.2, -0.15) is 0 Å². The van der Waals surface area contributed by atoms with E-state index in [0.717, 1.165) is 16.9 Å². The molecule has 1 atom stereocenters. The molecule has 0 amide bonds. The van der Waals surface area contributed by atoms with Crippen LogP contribution in [-0.4, -0.2) is 41.0 Å². The molecule has 0 saturated carbocycles. The Morgan fingerprint density at radius 3 is 2.43 bits per heavy atom. The highest BCUT2D eigenvalue weighted by Crippen LogP contribution is 2.32. The van der Waals surface area contributed by atoms with E-state index in [1.807, 2.05) is 24.3 Å². The summed E-state index contributed by atoms with van der Waals surface area (Å²) in [6, 6.07) is 11.0. The van der Waals surface area contributed by atoms with Gasteiger partial charge < -0.3 is 28.4 Å². The van der Waals surface area contributed by atoms with Gasteiger partial charge in [-0.05, 0) is 42.3 Å². The summed E-state index contributed by atoms with van der Waals surface area (Å²) >= 11 is 0. The molecule has 0 aromatic heterocycles. The van der Waals surface area contributed by atoms with Crippen molar-refractivity contribution < 1.29 is 28.4 Å². The average Bonchev–Trinajstić information content (AvgIpc) is 3.21. The lowest BCUT2D eigenvalue weighted by molar-refractivity contribution is -0.0719. The fourth-order valence-corrected chi connectivity index (χ4v) is 2.45. The predicted molar refractivity (Wildman–Crippen MR) is 103 cm³/mol. The zero-order valence-corrected chi connectivity index (χ0v) is 15.9. The first kappa shape index (κ1) is 19.4. The first-order valence-corrected chi connectivity index (χ1v) is 8.50. The van der Waals surface area contributed by atoms with Gasteiger partial charge in [-0.3, -0.25) is 0 Å². The lowest BCUT2D eigenvalue weighted by Crippen LogP contribution is -2.13. The van der Waals surface area contributed by atoms with Crippen LogP contribution in [0.25, 0.3) is 0 Å². The van der Waals surface area contributed by atoms with Gasteiger partial charge in [0.05, 0.1) is 14.2 Å². The molecule has 0 aliphatic carbocycles. The van der Waals surface area contributed by atoms with Gasteiger partial charge in [-0.25, -0.2) is 0 Å². The Morgan fingerprint density at radius 2 is 1.64 bits per heavy atom. The molecule has 0 radical (unpaired) electrons. The van der Waals surface area contributed by atoms with Crippen LogP contribution in [-0.2, 0) is 9.47 Å². The summed E-state index contributed by atoms with van der Waals surface area (Å²) in [6.07, 6.45) is -0.690. The fraction of sp³-hybridized carbons (Fsp3) is 0.273. The Bertz CT molecular complexity index is 945. The minimum atomic E-state index is -0.690. The van der Waals surface area contributed by atoms with Crippen LogP contribution in [0.1, 0.15) is 11.1 Å². The molecule has 2 aromatic rings. The molecule has 28 heavy (non-hydrogen) atoms. The summed E-state index contributed by atoms with van der Waals surface area (Å²) in [4.78, 5) is 0. The molecule has 3 rings (SSSR count). The van der Waals surface area contributed by atoms with Crippen LogP contribution in [0.5, 0.6) is 23.0 Å². The molecule has 0 fully saturated rings. The number of hydrogen-bond donors (Lipinski definition) is 0. The van der Waals surface area contributed by atoms with Crippen molar-refractivity contribution in [2.45, 2.75) is 6.29 Å². The molecule has 0 N–H and O–H groups in total. The van der Waals surface area contributed by atoms with Gasteiger partial charge in [0.25, 0.3) is 0 Å². The van der Waals surface area contributed by atoms with Gasteiger partial charge in [0, 0.05) is 18.2 Å². The molecule has 2 aromatic carbocycles. The van der Waals surface area contributed by atoms with Crippen LogP contribution in [0.4, 0.5) is 0 Å². The van der Waals surface area contributed by atoms with Crippen molar-refractivity contribution in [3.05, 3.63) is 47.5 Å². The van der Waals surface area contributed by atoms with Crippen molar-refractivity contribution in [1.82, 2.24) is 0 Å². The number of ether oxygens (including phenoxy) is 6. The van der Waals surface area contributed by atoms with Gasteiger partial charge in [0.15, 0.2) is 23.0 Å². The quantitative estimate of drug-likeness (QED) is 0.587. The number of fused-ring (bicyclic) bond motifs is 1. The van der Waals surface area contributed by atoms with E-state index < -0.39 is 6.29 Å². The third-order valence-corrected chi connectivity index (χ3v) is 3.84. The van der Waals surface area contributed by atoms with Crippen molar-refractivity contribution >= 4 is 0 Å². The van der Waals surface area contributed by atoms with Gasteiger partial charge >= 0.3 is 0 Å². The highest BCUT2D eigenvalue weighted by atomic mass is 16.7. The van der Waals surface area contributed by atoms with E-state index in [9.17, 15) is 0 Å². The first-order valence-electron chi connectivity index (χ1n) is 8.50. The number of hydrogen-bond acceptors (Lipinski definition) is 6. The summed E-state index contributed by atoms with van der Waals surface area (Å²) in [5, 5.41) is 0. The minimum Gasteiger partial charge on any atom is -0.493 e. The maximum absolute atomic E-state index is 5.55. The van der Waals surface area contributed by atoms with Gasteiger partial charge in [-0.15, -0.1) is 0 Å². The second-order valence-corrected chi connectivity index (χ2v) is 5.59. The molecule has 144 valence electrons. The number of rotatable bonds is 5. The van der Waals surface area contributed by atoms with Crippen molar-refractivity contribution in [1.29, 1.82) is 0 Å². The third-order valence-electron chi connectivity index (χ3n) is 3.84. The van der Waals surface area contributed by atoms with Crippen molar-refractivity contribution in [3.63, 3.8) is 0 Å². The molecule has 1 aliphatic heterocycles. The monoisotopic (exact) mass is 380 g/mol. The molecule has 1 aliphatic rings. The Hall–Kier alpha value is -3.32. The van der Waals surface area contributed by atoms with Crippen molar-refractivity contribution in [2.24, 2.45) is 0 Å². The van der Waals surface area contributed by atoms with Crippen molar-refractivity contribution in [3.8, 4) is 46.7 Å². The van der Waals surface area contributed by atoms with Gasteiger partial charge in [0.2, 0.25) is 13.1 Å². The smallest absolute Gasteiger partial charge is 0.231 e. The molecule has 0 saturated heterocycles. The second kappa shape index (κ2) is 9.57. The summed E-state index contributed by atoms with van der Waals surface area (Å²) in [5.74, 6) is 14.5. The Morgan fingerprint density at radius 1 is 0.893 bits per heavy atom. The van der Waals surface area contributed by atoms with Crippen LogP contribution < -0.4 is 18.9 Å². The van der Waals surface area contributed by atoms with Crippen LogP contribution in [0, 0.1) is 23.7 Å². The molecular weight excluding hydrogens is 360 g/mol. The standard InChI is InChI=1S/C22H20O6/c1-23-18-9-6-16(13-20(18)24-2)5-4-12-26-22(25-3)11-8-17-7-10-19-21(14-17)28-15-27-19/h6-7,9-10,13-14,22H,12,15H2,1-3H3. The lowest BCUT2D eigenvalue weighted by atomic mass is 10.2. The topological polar surface area (TPSA) is 55.4 Å². The zero-order chi connectivity index (χ0) is 19.8. The van der Waals surface area contributed by atoms with E-state index in [4.69, 9.17) is 28.4 Å². The summed E-state index contributed by atoms with van der Waals surface area (Å²) in [6.45, 7) is 0.400. The van der Waals surface area contributed by atoms with E-state index in [-0.39, 0.29) is 13.4 Å². The van der Waals surface area contributed by atoms with E-state index >= 15 is 0 Å².